The summed E-state index contributed by atoms with van der Waals surface area (Å²) in [5.74, 6) is 0.290. The van der Waals surface area contributed by atoms with Crippen LogP contribution in [0.4, 0.5) is 0 Å². The van der Waals surface area contributed by atoms with Gasteiger partial charge in [0.2, 0.25) is 5.91 Å². The van der Waals surface area contributed by atoms with Gasteiger partial charge in [-0.25, -0.2) is 0 Å². The molecule has 0 spiro atoms. The summed E-state index contributed by atoms with van der Waals surface area (Å²) in [5.41, 5.74) is 0.341. The number of carbonyl (C=O) groups is 4. The topological polar surface area (TPSA) is 101 Å². The molecule has 8 atom stereocenters. The zero-order valence-electron chi connectivity index (χ0n) is 30.0. The maximum atomic E-state index is 14.2. The summed E-state index contributed by atoms with van der Waals surface area (Å²) in [5, 5.41) is 9.56. The number of ether oxygens (including phenoxy) is 1. The monoisotopic (exact) mass is 637 g/mol. The van der Waals surface area contributed by atoms with Crippen LogP contribution < -0.4 is 0 Å². The molecule has 6 rings (SSSR count). The van der Waals surface area contributed by atoms with Crippen molar-refractivity contribution in [1.29, 1.82) is 0 Å². The van der Waals surface area contributed by atoms with Gasteiger partial charge >= 0.3 is 11.9 Å². The molecule has 1 saturated heterocycles. The highest BCUT2D eigenvalue weighted by atomic mass is 16.5. The van der Waals surface area contributed by atoms with E-state index in [1.807, 2.05) is 4.90 Å². The summed E-state index contributed by atoms with van der Waals surface area (Å²) < 4.78 is 6.14. The van der Waals surface area contributed by atoms with Crippen LogP contribution in [-0.2, 0) is 23.9 Å². The zero-order chi connectivity index (χ0) is 33.8. The number of amides is 1. The van der Waals surface area contributed by atoms with Crippen molar-refractivity contribution in [3.8, 4) is 0 Å². The van der Waals surface area contributed by atoms with Crippen molar-refractivity contribution in [3.63, 3.8) is 0 Å². The second-order valence-corrected chi connectivity index (χ2v) is 18.6. The predicted molar refractivity (Wildman–Crippen MR) is 177 cm³/mol. The Bertz CT molecular complexity index is 1370. The lowest BCUT2D eigenvalue weighted by Crippen LogP contribution is -2.66. The van der Waals surface area contributed by atoms with E-state index in [4.69, 9.17) is 4.74 Å². The fourth-order valence-electron chi connectivity index (χ4n) is 12.5. The van der Waals surface area contributed by atoms with Crippen LogP contribution in [0.3, 0.4) is 0 Å². The van der Waals surface area contributed by atoms with Gasteiger partial charge in [0.15, 0.2) is 5.78 Å². The molecule has 0 bridgehead atoms. The third kappa shape index (κ3) is 4.47. The fourth-order valence-corrected chi connectivity index (χ4v) is 12.5. The van der Waals surface area contributed by atoms with Crippen molar-refractivity contribution in [2.24, 2.45) is 56.2 Å². The summed E-state index contributed by atoms with van der Waals surface area (Å²) in [4.78, 5) is 54.8. The average molecular weight is 638 g/mol. The number of esters is 1. The van der Waals surface area contributed by atoms with Crippen LogP contribution in [0.2, 0.25) is 0 Å². The Morgan fingerprint density at radius 3 is 2.17 bits per heavy atom. The molecule has 0 aromatic carbocycles. The molecule has 46 heavy (non-hydrogen) atoms. The van der Waals surface area contributed by atoms with Gasteiger partial charge < -0.3 is 14.7 Å². The van der Waals surface area contributed by atoms with Gasteiger partial charge in [-0.2, -0.15) is 0 Å². The van der Waals surface area contributed by atoms with Gasteiger partial charge in [-0.1, -0.05) is 48.5 Å². The van der Waals surface area contributed by atoms with Crippen molar-refractivity contribution in [1.82, 2.24) is 4.90 Å². The van der Waals surface area contributed by atoms with Crippen molar-refractivity contribution in [2.45, 2.75) is 139 Å². The molecule has 0 radical (unpaired) electrons. The van der Waals surface area contributed by atoms with Crippen molar-refractivity contribution in [2.75, 3.05) is 13.1 Å². The Morgan fingerprint density at radius 1 is 0.913 bits per heavy atom. The van der Waals surface area contributed by atoms with E-state index in [0.29, 0.717) is 18.3 Å². The number of likely N-dealkylation sites (tertiary alicyclic amines) is 1. The first-order valence-electron chi connectivity index (χ1n) is 18.3. The SMILES string of the molecule is CC(C)C1=C2[C@H]3CCC4[C@@]5(C)CC[C@H](OC(=O)CC(C)(C)C(=O)O)C(C)(C)C5CC[C@@]4(C)[C@]3(C)CC[C@@]2(C(=O)N2CCC2)CC1=O. The minimum absolute atomic E-state index is 0.00140. The van der Waals surface area contributed by atoms with Gasteiger partial charge in [0, 0.05) is 24.9 Å². The van der Waals surface area contributed by atoms with E-state index in [2.05, 4.69) is 48.5 Å². The molecule has 1 amide bonds. The van der Waals surface area contributed by atoms with Crippen LogP contribution in [0, 0.1) is 56.2 Å². The van der Waals surface area contributed by atoms with Gasteiger partial charge in [0.25, 0.3) is 0 Å². The first kappa shape index (κ1) is 33.7. The van der Waals surface area contributed by atoms with Gasteiger partial charge in [-0.05, 0) is 123 Å². The molecule has 6 aliphatic rings. The first-order chi connectivity index (χ1) is 21.3. The molecule has 1 aliphatic heterocycles. The van der Waals surface area contributed by atoms with Crippen LogP contribution in [-0.4, -0.2) is 52.8 Å². The number of ketones is 1. The van der Waals surface area contributed by atoms with Crippen LogP contribution in [0.5, 0.6) is 0 Å². The summed E-state index contributed by atoms with van der Waals surface area (Å²) in [7, 11) is 0. The van der Waals surface area contributed by atoms with Gasteiger partial charge in [0.1, 0.15) is 6.10 Å². The summed E-state index contributed by atoms with van der Waals surface area (Å²) in [6, 6.07) is 0. The number of carboxylic acid groups (broad SMARTS) is 1. The molecular formula is C39H59NO6. The highest BCUT2D eigenvalue weighted by Gasteiger charge is 2.71. The molecule has 1 heterocycles. The quantitative estimate of drug-likeness (QED) is 0.301. The Kier molecular flexibility index (Phi) is 7.81. The highest BCUT2D eigenvalue weighted by molar-refractivity contribution is 6.07. The molecule has 5 fully saturated rings. The van der Waals surface area contributed by atoms with E-state index in [9.17, 15) is 24.3 Å². The number of fused-ring (bicyclic) bond motifs is 7. The highest BCUT2D eigenvalue weighted by Crippen LogP contribution is 2.77. The number of rotatable bonds is 6. The maximum Gasteiger partial charge on any atom is 0.309 e. The fraction of sp³-hybridized carbons (Fsp3) is 0.846. The van der Waals surface area contributed by atoms with E-state index in [1.54, 1.807) is 13.8 Å². The average Bonchev–Trinajstić information content (AvgIpc) is 3.22. The van der Waals surface area contributed by atoms with E-state index < -0.39 is 22.8 Å². The van der Waals surface area contributed by atoms with E-state index in [-0.39, 0.29) is 57.7 Å². The number of aliphatic carboxylic acids is 1. The Hall–Kier alpha value is -2.18. The van der Waals surface area contributed by atoms with E-state index >= 15 is 0 Å². The number of Topliss-reactive ketones (excluding diaryl/α,β-unsaturated/α-hetero) is 1. The molecule has 0 aromatic heterocycles. The molecular weight excluding hydrogens is 578 g/mol. The lowest BCUT2D eigenvalue weighted by Gasteiger charge is -2.72. The number of carboxylic acids is 1. The van der Waals surface area contributed by atoms with Gasteiger partial charge in [0.05, 0.1) is 17.3 Å². The van der Waals surface area contributed by atoms with Gasteiger partial charge in [-0.3, -0.25) is 19.2 Å². The number of nitrogens with zero attached hydrogens (tertiary/aromatic N) is 1. The second kappa shape index (κ2) is 10.7. The molecule has 2 unspecified atom stereocenters. The minimum atomic E-state index is -1.16. The first-order valence-corrected chi connectivity index (χ1v) is 18.3. The van der Waals surface area contributed by atoms with Crippen molar-refractivity contribution in [3.05, 3.63) is 11.1 Å². The standard InChI is InChI=1S/C39H59NO6/c1-23(2)30-25(41)21-39(32(43)40-19-10-20-40)18-17-37(8)24(31(30)39)11-12-27-36(7)15-14-28(46-29(42)22-34(3,4)33(44)45)35(5,6)26(36)13-16-38(27,37)9/h23-24,26-28H,10-22H2,1-9H3,(H,44,45)/t24-,26?,27?,28+,36+,37-,38-,39-/m1/s1. The molecule has 7 heteroatoms. The third-order valence-corrected chi connectivity index (χ3v) is 15.4. The van der Waals surface area contributed by atoms with E-state index in [1.165, 1.54) is 5.57 Å². The predicted octanol–water partition coefficient (Wildman–Crippen LogP) is 7.61. The van der Waals surface area contributed by atoms with Crippen molar-refractivity contribution >= 4 is 23.6 Å². The number of hydrogen-bond donors (Lipinski definition) is 1. The third-order valence-electron chi connectivity index (χ3n) is 15.4. The number of hydrogen-bond acceptors (Lipinski definition) is 5. The summed E-state index contributed by atoms with van der Waals surface area (Å²) in [6.45, 7) is 21.2. The Morgan fingerprint density at radius 2 is 1.59 bits per heavy atom. The zero-order valence-corrected chi connectivity index (χ0v) is 30.0. The molecule has 1 N–H and O–H groups in total. The van der Waals surface area contributed by atoms with Crippen molar-refractivity contribution < 1.29 is 29.0 Å². The summed E-state index contributed by atoms with van der Waals surface area (Å²) >= 11 is 0. The Balaban J connectivity index is 1.31. The maximum absolute atomic E-state index is 14.2. The smallest absolute Gasteiger partial charge is 0.309 e. The molecule has 4 saturated carbocycles. The molecule has 0 aromatic rings. The lowest BCUT2D eigenvalue weighted by atomic mass is 9.33. The van der Waals surface area contributed by atoms with Gasteiger partial charge in [-0.15, -0.1) is 0 Å². The second-order valence-electron chi connectivity index (χ2n) is 18.6. The number of carbonyl (C=O) groups excluding carboxylic acids is 3. The van der Waals surface area contributed by atoms with E-state index in [0.717, 1.165) is 76.5 Å². The van der Waals surface area contributed by atoms with Crippen LogP contribution in [0.25, 0.3) is 0 Å². The number of allylic oxidation sites excluding steroid dienone is 1. The van der Waals surface area contributed by atoms with Crippen LogP contribution in [0.15, 0.2) is 11.1 Å². The molecule has 7 nitrogen and oxygen atoms in total. The molecule has 5 aliphatic carbocycles. The minimum Gasteiger partial charge on any atom is -0.481 e. The molecule has 256 valence electrons. The lowest BCUT2D eigenvalue weighted by molar-refractivity contribution is -0.233. The normalized spacial score (nSPS) is 41.6. The largest absolute Gasteiger partial charge is 0.481 e. The van der Waals surface area contributed by atoms with Crippen LogP contribution in [0.1, 0.15) is 133 Å². The Labute approximate surface area is 276 Å². The van der Waals surface area contributed by atoms with Crippen LogP contribution >= 0.6 is 0 Å². The summed E-state index contributed by atoms with van der Waals surface area (Å²) in [6.07, 6.45) is 8.87.